The first-order valence-electron chi connectivity index (χ1n) is 14.9. The van der Waals surface area contributed by atoms with Crippen molar-refractivity contribution in [2.45, 2.75) is 32.6 Å². The highest BCUT2D eigenvalue weighted by Gasteiger charge is 2.35. The van der Waals surface area contributed by atoms with Crippen LogP contribution in [0, 0.1) is 12.8 Å². The zero-order chi connectivity index (χ0) is 34.3. The molecule has 4 rings (SSSR count). The third kappa shape index (κ3) is 8.98. The van der Waals surface area contributed by atoms with Crippen molar-refractivity contribution in [1.29, 1.82) is 0 Å². The molecule has 0 radical (unpaired) electrons. The van der Waals surface area contributed by atoms with Gasteiger partial charge in [0.25, 0.3) is 5.91 Å². The van der Waals surface area contributed by atoms with Crippen LogP contribution < -0.4 is 27.2 Å². The highest BCUT2D eigenvalue weighted by atomic mass is 19.3. The van der Waals surface area contributed by atoms with Crippen molar-refractivity contribution in [2.75, 3.05) is 50.4 Å². The fraction of sp³-hybridized carbons (Fsp3) is 0.364. The summed E-state index contributed by atoms with van der Waals surface area (Å²) in [6.07, 6.45) is 5.77. The van der Waals surface area contributed by atoms with Crippen molar-refractivity contribution in [3.63, 3.8) is 0 Å². The number of aromatic nitrogens is 1. The second-order valence-corrected chi connectivity index (χ2v) is 11.5. The number of hydrazine groups is 1. The van der Waals surface area contributed by atoms with Crippen molar-refractivity contribution in [3.05, 3.63) is 94.2 Å². The second-order valence-electron chi connectivity index (χ2n) is 11.5. The number of ether oxygens (including phenoxy) is 1. The number of anilines is 2. The Morgan fingerprint density at radius 3 is 2.53 bits per heavy atom. The summed E-state index contributed by atoms with van der Waals surface area (Å²) in [7, 11) is 1.39. The standard InChI is InChI=1S/C33H39F4N7O3/c1-20-4-5-23(11-29(20)44(39)18-28(38)24-6-7-31(40-15-24)41-21(2)45)32(46)42-27-12-26(33(36,37)19-35)10-25(30(13-27)47-3)17-43-9-8-22(14-34)16-43/h4-7,10-12,15,18,22H,8-9,13-14,16-17,19,38-39H2,1-3H3,(H,42,46)(H,40,41,45)/b28-18-. The van der Waals surface area contributed by atoms with Gasteiger partial charge in [-0.05, 0) is 61.9 Å². The number of likely N-dealkylation sites (tertiary alicyclic amines) is 1. The highest BCUT2D eigenvalue weighted by molar-refractivity contribution is 5.96. The van der Waals surface area contributed by atoms with Crippen LogP contribution in [-0.2, 0) is 9.53 Å². The topological polar surface area (TPSA) is 139 Å². The zero-order valence-corrected chi connectivity index (χ0v) is 26.5. The van der Waals surface area contributed by atoms with E-state index in [0.29, 0.717) is 53.5 Å². The van der Waals surface area contributed by atoms with Gasteiger partial charge in [0.15, 0.2) is 6.67 Å². The molecule has 1 atom stereocenters. The second kappa shape index (κ2) is 15.3. The number of rotatable bonds is 12. The number of pyridine rings is 1. The number of halogens is 4. The van der Waals surface area contributed by atoms with Gasteiger partial charge in [0.2, 0.25) is 5.91 Å². The monoisotopic (exact) mass is 657 g/mol. The molecule has 1 aliphatic carbocycles. The van der Waals surface area contributed by atoms with Crippen LogP contribution in [0.5, 0.6) is 0 Å². The lowest BCUT2D eigenvalue weighted by Gasteiger charge is -2.20. The molecule has 1 fully saturated rings. The normalized spacial score (nSPS) is 17.5. The van der Waals surface area contributed by atoms with Crippen molar-refractivity contribution in [2.24, 2.45) is 17.5 Å². The predicted molar refractivity (Wildman–Crippen MR) is 172 cm³/mol. The number of nitrogens with two attached hydrogens (primary N) is 2. The number of hydrogen-bond acceptors (Lipinski definition) is 8. The molecule has 1 aromatic heterocycles. The molecule has 6 N–H and O–H groups in total. The van der Waals surface area contributed by atoms with Gasteiger partial charge in [0, 0.05) is 72.7 Å². The van der Waals surface area contributed by atoms with Crippen molar-refractivity contribution in [3.8, 4) is 0 Å². The first-order valence-corrected chi connectivity index (χ1v) is 14.9. The van der Waals surface area contributed by atoms with E-state index >= 15 is 0 Å². The van der Waals surface area contributed by atoms with E-state index in [9.17, 15) is 27.2 Å². The minimum absolute atomic E-state index is 0.0456. The number of nitrogens with one attached hydrogen (secondary N) is 2. The molecule has 47 heavy (non-hydrogen) atoms. The fourth-order valence-electron chi connectivity index (χ4n) is 5.32. The molecule has 2 aromatic rings. The minimum Gasteiger partial charge on any atom is -0.500 e. The maximum absolute atomic E-state index is 14.8. The van der Waals surface area contributed by atoms with Gasteiger partial charge in [-0.2, -0.15) is 8.78 Å². The number of nitrogens with zero attached hydrogens (tertiary/aromatic N) is 3. The van der Waals surface area contributed by atoms with Gasteiger partial charge in [-0.25, -0.2) is 15.2 Å². The first-order chi connectivity index (χ1) is 22.3. The Labute approximate surface area is 270 Å². The van der Waals surface area contributed by atoms with E-state index in [4.69, 9.17) is 16.3 Å². The molecule has 14 heteroatoms. The molecule has 0 saturated carbocycles. The van der Waals surface area contributed by atoms with Crippen LogP contribution >= 0.6 is 0 Å². The Kier molecular flexibility index (Phi) is 11.4. The maximum Gasteiger partial charge on any atom is 0.301 e. The third-order valence-electron chi connectivity index (χ3n) is 7.89. The molecule has 1 saturated heterocycles. The van der Waals surface area contributed by atoms with E-state index in [1.807, 2.05) is 4.90 Å². The quantitative estimate of drug-likeness (QED) is 0.146. The average molecular weight is 658 g/mol. The molecule has 252 valence electrons. The predicted octanol–water partition coefficient (Wildman–Crippen LogP) is 4.73. The van der Waals surface area contributed by atoms with E-state index < -0.39 is 30.8 Å². The molecule has 1 aliphatic heterocycles. The van der Waals surface area contributed by atoms with Gasteiger partial charge in [0.05, 0.1) is 25.2 Å². The van der Waals surface area contributed by atoms with E-state index in [2.05, 4.69) is 15.6 Å². The minimum atomic E-state index is -3.82. The van der Waals surface area contributed by atoms with Crippen LogP contribution in [0.15, 0.2) is 77.5 Å². The summed E-state index contributed by atoms with van der Waals surface area (Å²) in [5.41, 5.74) is 8.18. The van der Waals surface area contributed by atoms with Gasteiger partial charge in [-0.15, -0.1) is 0 Å². The number of hydrogen-bond donors (Lipinski definition) is 4. The van der Waals surface area contributed by atoms with Gasteiger partial charge >= 0.3 is 5.92 Å². The Bertz CT molecular complexity index is 1610. The number of aryl methyl sites for hydroxylation is 1. The average Bonchev–Trinajstić information content (AvgIpc) is 3.42. The Balaban J connectivity index is 1.56. The lowest BCUT2D eigenvalue weighted by molar-refractivity contribution is -0.114. The van der Waals surface area contributed by atoms with Crippen molar-refractivity contribution >= 4 is 29.0 Å². The highest BCUT2D eigenvalue weighted by Crippen LogP contribution is 2.33. The van der Waals surface area contributed by atoms with Crippen molar-refractivity contribution < 1.29 is 31.9 Å². The van der Waals surface area contributed by atoms with E-state index in [0.717, 1.165) is 6.08 Å². The first kappa shape index (κ1) is 35.2. The number of methoxy groups -OCH3 is 1. The van der Waals surface area contributed by atoms with Crippen LogP contribution in [-0.4, -0.2) is 67.7 Å². The summed E-state index contributed by atoms with van der Waals surface area (Å²) in [6.45, 7) is 2.01. The van der Waals surface area contributed by atoms with Crippen LogP contribution in [0.1, 0.15) is 41.3 Å². The smallest absolute Gasteiger partial charge is 0.301 e. The Hall–Kier alpha value is -4.69. The molecule has 2 aliphatic rings. The SMILES string of the molecule is COC1=C(CN2CCC(CF)C2)C=C(C(F)(F)CF)C=C(NC(=O)c2ccc(C)c(N(N)/C=C(\N)c3ccc(NC(C)=O)nc3)c2)C1. The van der Waals surface area contributed by atoms with E-state index in [-0.39, 0.29) is 41.7 Å². The molecule has 0 bridgehead atoms. The number of amides is 2. The summed E-state index contributed by atoms with van der Waals surface area (Å²) in [4.78, 5) is 30.8. The number of carbonyl (C=O) groups excluding carboxylic acids is 2. The van der Waals surface area contributed by atoms with Gasteiger partial charge < -0.3 is 21.1 Å². The molecule has 1 unspecified atom stereocenters. The molecule has 1 aromatic carbocycles. The number of alkyl halides is 4. The molecular formula is C33H39F4N7O3. The number of carbonyl (C=O) groups is 2. The van der Waals surface area contributed by atoms with Crippen LogP contribution in [0.3, 0.4) is 0 Å². The number of allylic oxidation sites excluding steroid dienone is 2. The summed E-state index contributed by atoms with van der Waals surface area (Å²) in [5, 5.41) is 6.48. The maximum atomic E-state index is 14.8. The Morgan fingerprint density at radius 2 is 1.91 bits per heavy atom. The largest absolute Gasteiger partial charge is 0.500 e. The summed E-state index contributed by atoms with van der Waals surface area (Å²) in [6, 6.07) is 7.98. The molecule has 2 amide bonds. The third-order valence-corrected chi connectivity index (χ3v) is 7.89. The van der Waals surface area contributed by atoms with E-state index in [1.54, 1.807) is 31.2 Å². The number of benzene rings is 1. The van der Waals surface area contributed by atoms with Crippen LogP contribution in [0.2, 0.25) is 0 Å². The Morgan fingerprint density at radius 1 is 1.17 bits per heavy atom. The summed E-state index contributed by atoms with van der Waals surface area (Å²) < 4.78 is 61.9. The molecule has 0 spiro atoms. The summed E-state index contributed by atoms with van der Waals surface area (Å²) in [5.74, 6) is 2.15. The molecule has 10 nitrogen and oxygen atoms in total. The molecular weight excluding hydrogens is 618 g/mol. The van der Waals surface area contributed by atoms with Gasteiger partial charge in [-0.3, -0.25) is 23.9 Å². The van der Waals surface area contributed by atoms with Gasteiger partial charge in [-0.1, -0.05) is 6.07 Å². The zero-order valence-electron chi connectivity index (χ0n) is 26.5. The lowest BCUT2D eigenvalue weighted by Crippen LogP contribution is -2.28. The van der Waals surface area contributed by atoms with Crippen LogP contribution in [0.25, 0.3) is 5.70 Å². The van der Waals surface area contributed by atoms with E-state index in [1.165, 1.54) is 43.6 Å². The lowest BCUT2D eigenvalue weighted by atomic mass is 10.1. The van der Waals surface area contributed by atoms with Gasteiger partial charge in [0.1, 0.15) is 11.6 Å². The summed E-state index contributed by atoms with van der Waals surface area (Å²) >= 11 is 0. The fourth-order valence-corrected chi connectivity index (χ4v) is 5.32. The molecule has 2 heterocycles. The van der Waals surface area contributed by atoms with Crippen LogP contribution in [0.4, 0.5) is 29.1 Å². The van der Waals surface area contributed by atoms with Crippen molar-refractivity contribution in [1.82, 2.24) is 15.2 Å².